The number of amides is 1. The third-order valence-electron chi connectivity index (χ3n) is 2.68. The first-order valence-corrected chi connectivity index (χ1v) is 7.44. The lowest BCUT2D eigenvalue weighted by molar-refractivity contribution is -0.116. The molecule has 0 aromatic heterocycles. The van der Waals surface area contributed by atoms with Crippen LogP contribution in [0.1, 0.15) is 24.8 Å². The molecule has 0 bridgehead atoms. The molecule has 0 unspecified atom stereocenters. The number of aliphatic hydroxyl groups is 1. The lowest BCUT2D eigenvalue weighted by atomic mass is 10.2. The zero-order chi connectivity index (χ0) is 14.5. The molecule has 0 radical (unpaired) electrons. The highest BCUT2D eigenvalue weighted by molar-refractivity contribution is 7.89. The average molecular weight is 286 g/mol. The van der Waals surface area contributed by atoms with Crippen LogP contribution in [0.2, 0.25) is 0 Å². The summed E-state index contributed by atoms with van der Waals surface area (Å²) in [5, 5.41) is 16.4. The molecule has 106 valence electrons. The molecule has 0 saturated heterocycles. The molecule has 0 fully saturated rings. The zero-order valence-electron chi connectivity index (χ0n) is 10.7. The van der Waals surface area contributed by atoms with Crippen LogP contribution in [-0.2, 0) is 14.8 Å². The lowest BCUT2D eigenvalue weighted by Gasteiger charge is -2.11. The molecule has 7 heteroatoms. The van der Waals surface area contributed by atoms with Gasteiger partial charge < -0.3 is 10.4 Å². The predicted octanol–water partition coefficient (Wildman–Crippen LogP) is 0.744. The van der Waals surface area contributed by atoms with Crippen LogP contribution in [-0.4, -0.2) is 26.0 Å². The maximum absolute atomic E-state index is 11.6. The van der Waals surface area contributed by atoms with Gasteiger partial charge in [-0.2, -0.15) is 0 Å². The summed E-state index contributed by atoms with van der Waals surface area (Å²) in [5.74, 6) is -0.219. The number of rotatable bonds is 6. The van der Waals surface area contributed by atoms with Gasteiger partial charge >= 0.3 is 0 Å². The van der Waals surface area contributed by atoms with E-state index in [9.17, 15) is 13.2 Å². The Kier molecular flexibility index (Phi) is 5.46. The SMILES string of the molecule is Cc1c(NC(=O)CCCCO)cccc1S(N)(=O)=O. The number of sulfonamides is 1. The number of hydrogen-bond donors (Lipinski definition) is 3. The Morgan fingerprint density at radius 3 is 2.63 bits per heavy atom. The van der Waals surface area contributed by atoms with Gasteiger partial charge in [-0.15, -0.1) is 0 Å². The summed E-state index contributed by atoms with van der Waals surface area (Å²) in [6, 6.07) is 4.54. The molecule has 1 aromatic carbocycles. The Morgan fingerprint density at radius 1 is 1.37 bits per heavy atom. The minimum Gasteiger partial charge on any atom is -0.396 e. The van der Waals surface area contributed by atoms with Gasteiger partial charge in [0.1, 0.15) is 0 Å². The number of benzene rings is 1. The van der Waals surface area contributed by atoms with E-state index in [0.717, 1.165) is 0 Å². The molecule has 0 atom stereocenters. The smallest absolute Gasteiger partial charge is 0.238 e. The number of aliphatic hydroxyl groups excluding tert-OH is 1. The van der Waals surface area contributed by atoms with Gasteiger partial charge in [-0.1, -0.05) is 6.07 Å². The van der Waals surface area contributed by atoms with E-state index in [1.165, 1.54) is 12.1 Å². The van der Waals surface area contributed by atoms with Crippen LogP contribution in [0.5, 0.6) is 0 Å². The number of carbonyl (C=O) groups excluding carboxylic acids is 1. The molecule has 6 nitrogen and oxygen atoms in total. The molecule has 0 aliphatic heterocycles. The van der Waals surface area contributed by atoms with Crippen molar-refractivity contribution in [2.75, 3.05) is 11.9 Å². The van der Waals surface area contributed by atoms with Crippen LogP contribution in [0.15, 0.2) is 23.1 Å². The quantitative estimate of drug-likeness (QED) is 0.670. The van der Waals surface area contributed by atoms with Crippen molar-refractivity contribution in [2.45, 2.75) is 31.1 Å². The molecular weight excluding hydrogens is 268 g/mol. The molecule has 1 rings (SSSR count). The van der Waals surface area contributed by atoms with Gasteiger partial charge in [0.2, 0.25) is 15.9 Å². The van der Waals surface area contributed by atoms with Crippen molar-refractivity contribution in [1.82, 2.24) is 0 Å². The van der Waals surface area contributed by atoms with E-state index in [-0.39, 0.29) is 23.8 Å². The van der Waals surface area contributed by atoms with Crippen molar-refractivity contribution in [3.05, 3.63) is 23.8 Å². The van der Waals surface area contributed by atoms with Crippen LogP contribution in [0.3, 0.4) is 0 Å². The van der Waals surface area contributed by atoms with E-state index in [1.807, 2.05) is 0 Å². The van der Waals surface area contributed by atoms with E-state index in [4.69, 9.17) is 10.2 Å². The number of nitrogens with two attached hydrogens (primary N) is 1. The highest BCUT2D eigenvalue weighted by atomic mass is 32.2. The average Bonchev–Trinajstić information content (AvgIpc) is 2.30. The van der Waals surface area contributed by atoms with Gasteiger partial charge in [0.15, 0.2) is 0 Å². The fraction of sp³-hybridized carbons (Fsp3) is 0.417. The monoisotopic (exact) mass is 286 g/mol. The summed E-state index contributed by atoms with van der Waals surface area (Å²) < 4.78 is 22.7. The Bertz CT molecular complexity index is 555. The van der Waals surface area contributed by atoms with Gasteiger partial charge in [0.25, 0.3) is 0 Å². The van der Waals surface area contributed by atoms with E-state index in [1.54, 1.807) is 13.0 Å². The van der Waals surface area contributed by atoms with E-state index in [2.05, 4.69) is 5.32 Å². The van der Waals surface area contributed by atoms with Gasteiger partial charge in [0, 0.05) is 18.7 Å². The third-order valence-corrected chi connectivity index (χ3v) is 3.73. The van der Waals surface area contributed by atoms with Crippen LogP contribution in [0.4, 0.5) is 5.69 Å². The van der Waals surface area contributed by atoms with Crippen LogP contribution in [0, 0.1) is 6.92 Å². The Labute approximate surface area is 112 Å². The molecule has 0 aliphatic rings. The van der Waals surface area contributed by atoms with Crippen LogP contribution in [0.25, 0.3) is 0 Å². The van der Waals surface area contributed by atoms with Crippen LogP contribution < -0.4 is 10.5 Å². The van der Waals surface area contributed by atoms with Crippen molar-refractivity contribution in [1.29, 1.82) is 0 Å². The van der Waals surface area contributed by atoms with Gasteiger partial charge in [-0.05, 0) is 37.5 Å². The first kappa shape index (κ1) is 15.6. The van der Waals surface area contributed by atoms with Crippen molar-refractivity contribution in [2.24, 2.45) is 5.14 Å². The number of primary sulfonamides is 1. The third kappa shape index (κ3) is 4.62. The predicted molar refractivity (Wildman–Crippen MR) is 72.1 cm³/mol. The molecular formula is C12H18N2O4S. The van der Waals surface area contributed by atoms with Gasteiger partial charge in [0.05, 0.1) is 4.90 Å². The minimum absolute atomic E-state index is 0.000609. The molecule has 0 spiro atoms. The molecule has 0 saturated carbocycles. The standard InChI is InChI=1S/C12H18N2O4S/c1-9-10(14-12(16)7-2-3-8-15)5-4-6-11(9)19(13,17)18/h4-6,15H,2-3,7-8H2,1H3,(H,14,16)(H2,13,17,18). The summed E-state index contributed by atoms with van der Waals surface area (Å²) in [6.45, 7) is 1.64. The Morgan fingerprint density at radius 2 is 2.05 bits per heavy atom. The number of carbonyl (C=O) groups is 1. The van der Waals surface area contributed by atoms with E-state index >= 15 is 0 Å². The van der Waals surface area contributed by atoms with Crippen LogP contribution >= 0.6 is 0 Å². The first-order valence-electron chi connectivity index (χ1n) is 5.89. The number of anilines is 1. The first-order chi connectivity index (χ1) is 8.86. The van der Waals surface area contributed by atoms with Crippen molar-refractivity contribution < 1.29 is 18.3 Å². The van der Waals surface area contributed by atoms with Crippen molar-refractivity contribution in [3.63, 3.8) is 0 Å². The van der Waals surface area contributed by atoms with Crippen molar-refractivity contribution >= 4 is 21.6 Å². The maximum atomic E-state index is 11.6. The normalized spacial score (nSPS) is 11.3. The maximum Gasteiger partial charge on any atom is 0.238 e. The minimum atomic E-state index is -3.80. The molecule has 0 aliphatic carbocycles. The molecule has 1 aromatic rings. The number of nitrogens with one attached hydrogen (secondary N) is 1. The molecule has 4 N–H and O–H groups in total. The number of hydrogen-bond acceptors (Lipinski definition) is 4. The summed E-state index contributed by atoms with van der Waals surface area (Å²) >= 11 is 0. The summed E-state index contributed by atoms with van der Waals surface area (Å²) in [6.07, 6.45) is 1.42. The Hall–Kier alpha value is -1.44. The molecule has 19 heavy (non-hydrogen) atoms. The molecule has 0 heterocycles. The van der Waals surface area contributed by atoms with Gasteiger partial charge in [-0.3, -0.25) is 4.79 Å². The second-order valence-corrected chi connectivity index (χ2v) is 5.73. The molecule has 1 amide bonds. The summed E-state index contributed by atoms with van der Waals surface area (Å²) in [4.78, 5) is 11.6. The van der Waals surface area contributed by atoms with E-state index < -0.39 is 10.0 Å². The fourth-order valence-electron chi connectivity index (χ4n) is 1.67. The summed E-state index contributed by atoms with van der Waals surface area (Å²) in [5.41, 5.74) is 0.848. The largest absolute Gasteiger partial charge is 0.396 e. The fourth-order valence-corrected chi connectivity index (χ4v) is 2.47. The highest BCUT2D eigenvalue weighted by Crippen LogP contribution is 2.22. The lowest BCUT2D eigenvalue weighted by Crippen LogP contribution is -2.16. The number of unbranched alkanes of at least 4 members (excludes halogenated alkanes) is 1. The summed E-state index contributed by atoms with van der Waals surface area (Å²) in [7, 11) is -3.80. The van der Waals surface area contributed by atoms with E-state index in [0.29, 0.717) is 24.1 Å². The second kappa shape index (κ2) is 6.65. The van der Waals surface area contributed by atoms with Gasteiger partial charge in [-0.25, -0.2) is 13.6 Å². The van der Waals surface area contributed by atoms with Crippen molar-refractivity contribution in [3.8, 4) is 0 Å². The second-order valence-electron chi connectivity index (χ2n) is 4.20. The Balaban J connectivity index is 2.83. The highest BCUT2D eigenvalue weighted by Gasteiger charge is 2.14. The topological polar surface area (TPSA) is 109 Å². The zero-order valence-corrected chi connectivity index (χ0v) is 11.5.